The Hall–Kier alpha value is -2.10. The van der Waals surface area contributed by atoms with Crippen molar-refractivity contribution in [3.63, 3.8) is 0 Å². The lowest BCUT2D eigenvalue weighted by Crippen LogP contribution is -2.03. The average molecular weight is 214 g/mol. The highest BCUT2D eigenvalue weighted by atomic mass is 16.6. The van der Waals surface area contributed by atoms with Gasteiger partial charge in [0.2, 0.25) is 0 Å². The van der Waals surface area contributed by atoms with Gasteiger partial charge in [0.25, 0.3) is 5.88 Å². The van der Waals surface area contributed by atoms with Crippen LogP contribution in [-0.2, 0) is 6.42 Å². The summed E-state index contributed by atoms with van der Waals surface area (Å²) in [6.07, 6.45) is 0.825. The summed E-state index contributed by atoms with van der Waals surface area (Å²) < 4.78 is 11.3. The van der Waals surface area contributed by atoms with E-state index >= 15 is 0 Å². The van der Waals surface area contributed by atoms with Crippen molar-refractivity contribution < 1.29 is 9.47 Å². The van der Waals surface area contributed by atoms with Crippen LogP contribution in [-0.4, -0.2) is 10.2 Å². The Morgan fingerprint density at radius 2 is 1.75 bits per heavy atom. The molecule has 1 aliphatic rings. The summed E-state index contributed by atoms with van der Waals surface area (Å²) in [5.74, 6) is 2.44. The Morgan fingerprint density at radius 3 is 2.50 bits per heavy atom. The van der Waals surface area contributed by atoms with Crippen LogP contribution in [0.15, 0.2) is 30.3 Å². The quantitative estimate of drug-likeness (QED) is 0.624. The second-order valence-electron chi connectivity index (χ2n) is 3.51. The van der Waals surface area contributed by atoms with Gasteiger partial charge in [-0.05, 0) is 18.6 Å². The number of aryl methyl sites for hydroxylation is 1. The molecular weight excluding hydrogens is 204 g/mol. The van der Waals surface area contributed by atoms with Crippen LogP contribution in [0.5, 0.6) is 23.1 Å². The largest absolute Gasteiger partial charge is 0.448 e. The molecule has 3 rings (SSSR count). The van der Waals surface area contributed by atoms with E-state index in [1.165, 1.54) is 0 Å². The van der Waals surface area contributed by atoms with Crippen molar-refractivity contribution in [1.29, 1.82) is 0 Å². The third-order valence-corrected chi connectivity index (χ3v) is 2.42. The van der Waals surface area contributed by atoms with E-state index in [0.717, 1.165) is 12.1 Å². The molecule has 80 valence electrons. The zero-order chi connectivity index (χ0) is 11.0. The normalized spacial score (nSPS) is 12.1. The molecule has 0 spiro atoms. The predicted octanol–water partition coefficient (Wildman–Crippen LogP) is 2.94. The van der Waals surface area contributed by atoms with Crippen LogP contribution >= 0.6 is 0 Å². The van der Waals surface area contributed by atoms with Crippen LogP contribution < -0.4 is 9.47 Å². The van der Waals surface area contributed by atoms with Crippen molar-refractivity contribution in [3.8, 4) is 23.1 Å². The average Bonchev–Trinajstić information content (AvgIpc) is 2.35. The second kappa shape index (κ2) is 3.48. The molecule has 0 radical (unpaired) electrons. The van der Waals surface area contributed by atoms with Gasteiger partial charge in [-0.25, -0.2) is 0 Å². The lowest BCUT2D eigenvalue weighted by atomic mass is 10.2. The molecule has 2 aromatic rings. The molecule has 0 atom stereocenters. The number of hydrogen-bond acceptors (Lipinski definition) is 4. The van der Waals surface area contributed by atoms with E-state index in [-0.39, 0.29) is 0 Å². The minimum absolute atomic E-state index is 0.427. The molecule has 16 heavy (non-hydrogen) atoms. The summed E-state index contributed by atoms with van der Waals surface area (Å²) in [5.41, 5.74) is 0.890. The molecule has 0 unspecified atom stereocenters. The lowest BCUT2D eigenvalue weighted by Gasteiger charge is -2.18. The molecule has 4 nitrogen and oxygen atoms in total. The molecule has 0 aliphatic carbocycles. The maximum absolute atomic E-state index is 5.69. The number of nitrogens with zero attached hydrogens (tertiary/aromatic N) is 2. The summed E-state index contributed by atoms with van der Waals surface area (Å²) in [4.78, 5) is 0. The van der Waals surface area contributed by atoms with E-state index in [1.54, 1.807) is 0 Å². The first kappa shape index (κ1) is 9.15. The lowest BCUT2D eigenvalue weighted by molar-refractivity contribution is 0.342. The number of aromatic nitrogens is 2. The fraction of sp³-hybridized carbons (Fsp3) is 0.167. The topological polar surface area (TPSA) is 44.2 Å². The van der Waals surface area contributed by atoms with Gasteiger partial charge in [-0.3, -0.25) is 0 Å². The monoisotopic (exact) mass is 214 g/mol. The van der Waals surface area contributed by atoms with Gasteiger partial charge in [-0.2, -0.15) is 5.10 Å². The highest BCUT2D eigenvalue weighted by Crippen LogP contribution is 2.43. The number of rotatable bonds is 1. The van der Waals surface area contributed by atoms with Gasteiger partial charge in [-0.15, -0.1) is 5.10 Å². The molecule has 0 amide bonds. The highest BCUT2D eigenvalue weighted by molar-refractivity contribution is 5.51. The molecule has 0 N–H and O–H groups in total. The Kier molecular flexibility index (Phi) is 1.99. The fourth-order valence-corrected chi connectivity index (χ4v) is 1.56. The molecular formula is C12H10N2O2. The number of ether oxygens (including phenoxy) is 2. The van der Waals surface area contributed by atoms with E-state index in [9.17, 15) is 0 Å². The Balaban J connectivity index is 2.05. The van der Waals surface area contributed by atoms with E-state index < -0.39 is 0 Å². The predicted molar refractivity (Wildman–Crippen MR) is 58.0 cm³/mol. The van der Waals surface area contributed by atoms with Gasteiger partial charge in [0.1, 0.15) is 0 Å². The van der Waals surface area contributed by atoms with Crippen molar-refractivity contribution >= 4 is 0 Å². The van der Waals surface area contributed by atoms with Crippen molar-refractivity contribution in [2.75, 3.05) is 0 Å². The van der Waals surface area contributed by atoms with Gasteiger partial charge in [0.15, 0.2) is 17.2 Å². The van der Waals surface area contributed by atoms with E-state index in [4.69, 9.17) is 9.47 Å². The maximum Gasteiger partial charge on any atom is 0.282 e. The molecule has 0 bridgehead atoms. The van der Waals surface area contributed by atoms with Gasteiger partial charge in [0, 0.05) is 6.07 Å². The first-order valence-corrected chi connectivity index (χ1v) is 5.18. The molecule has 1 aliphatic heterocycles. The smallest absolute Gasteiger partial charge is 0.282 e. The minimum atomic E-state index is 0.427. The third-order valence-electron chi connectivity index (χ3n) is 2.42. The number of fused-ring (bicyclic) bond motifs is 2. The third kappa shape index (κ3) is 1.39. The molecule has 1 aromatic carbocycles. The summed E-state index contributed by atoms with van der Waals surface area (Å²) in [6, 6.07) is 9.36. The first-order valence-electron chi connectivity index (χ1n) is 5.18. The molecule has 1 aromatic heterocycles. The standard InChI is InChI=1S/C12H10N2O2/c1-2-8-7-11-12(14-13-8)16-10-6-4-3-5-9(10)15-11/h3-7H,2H2,1H3. The summed E-state index contributed by atoms with van der Waals surface area (Å²) in [5, 5.41) is 8.02. The van der Waals surface area contributed by atoms with Gasteiger partial charge in [-0.1, -0.05) is 19.1 Å². The van der Waals surface area contributed by atoms with Crippen molar-refractivity contribution in [1.82, 2.24) is 10.2 Å². The highest BCUT2D eigenvalue weighted by Gasteiger charge is 2.20. The molecule has 0 fully saturated rings. The fourth-order valence-electron chi connectivity index (χ4n) is 1.56. The van der Waals surface area contributed by atoms with E-state index in [0.29, 0.717) is 23.1 Å². The van der Waals surface area contributed by atoms with E-state index in [2.05, 4.69) is 10.2 Å². The first-order chi connectivity index (χ1) is 7.86. The Labute approximate surface area is 92.8 Å². The second-order valence-corrected chi connectivity index (χ2v) is 3.51. The van der Waals surface area contributed by atoms with Crippen LogP contribution in [0.1, 0.15) is 12.6 Å². The molecule has 0 saturated heterocycles. The summed E-state index contributed by atoms with van der Waals surface area (Å²) in [7, 11) is 0. The number of para-hydroxylation sites is 2. The molecule has 0 saturated carbocycles. The van der Waals surface area contributed by atoms with E-state index in [1.807, 2.05) is 37.3 Å². The van der Waals surface area contributed by atoms with Crippen LogP contribution in [0.4, 0.5) is 0 Å². The summed E-state index contributed by atoms with van der Waals surface area (Å²) >= 11 is 0. The molecule has 4 heteroatoms. The van der Waals surface area contributed by atoms with Gasteiger partial charge in [0.05, 0.1) is 5.69 Å². The maximum atomic E-state index is 5.69. The Morgan fingerprint density at radius 1 is 1.00 bits per heavy atom. The SMILES string of the molecule is CCc1cc2c(nn1)Oc1ccccc1O2. The Bertz CT molecular complexity index is 540. The van der Waals surface area contributed by atoms with Crippen LogP contribution in [0.25, 0.3) is 0 Å². The van der Waals surface area contributed by atoms with Crippen LogP contribution in [0.3, 0.4) is 0 Å². The zero-order valence-electron chi connectivity index (χ0n) is 8.80. The number of hydrogen-bond donors (Lipinski definition) is 0. The zero-order valence-corrected chi connectivity index (χ0v) is 8.80. The molecule has 2 heterocycles. The van der Waals surface area contributed by atoms with Crippen molar-refractivity contribution in [3.05, 3.63) is 36.0 Å². The van der Waals surface area contributed by atoms with Crippen molar-refractivity contribution in [2.24, 2.45) is 0 Å². The van der Waals surface area contributed by atoms with Crippen LogP contribution in [0.2, 0.25) is 0 Å². The summed E-state index contributed by atoms with van der Waals surface area (Å²) in [6.45, 7) is 2.02. The van der Waals surface area contributed by atoms with Crippen LogP contribution in [0, 0.1) is 0 Å². The van der Waals surface area contributed by atoms with Crippen molar-refractivity contribution in [2.45, 2.75) is 13.3 Å². The minimum Gasteiger partial charge on any atom is -0.448 e. The van der Waals surface area contributed by atoms with Gasteiger partial charge >= 0.3 is 0 Å². The number of benzene rings is 1. The van der Waals surface area contributed by atoms with Gasteiger partial charge < -0.3 is 9.47 Å².